The van der Waals surface area contributed by atoms with Gasteiger partial charge in [-0.15, -0.1) is 0 Å². The summed E-state index contributed by atoms with van der Waals surface area (Å²) in [6, 6.07) is 9.30. The van der Waals surface area contributed by atoms with Crippen molar-refractivity contribution in [3.8, 4) is 11.1 Å². The zero-order valence-electron chi connectivity index (χ0n) is 10.7. The average molecular weight is 259 g/mol. The fourth-order valence-corrected chi connectivity index (χ4v) is 2.54. The van der Waals surface area contributed by atoms with Gasteiger partial charge < -0.3 is 5.32 Å². The predicted octanol–water partition coefficient (Wildman–Crippen LogP) is 4.24. The summed E-state index contributed by atoms with van der Waals surface area (Å²) in [7, 11) is 0. The lowest BCUT2D eigenvalue weighted by molar-refractivity contribution is 0.594. The van der Waals surface area contributed by atoms with Crippen LogP contribution in [0.15, 0.2) is 36.4 Å². The van der Waals surface area contributed by atoms with Crippen molar-refractivity contribution >= 4 is 5.69 Å². The van der Waals surface area contributed by atoms with E-state index in [0.29, 0.717) is 17.0 Å². The van der Waals surface area contributed by atoms with Crippen LogP contribution in [0.2, 0.25) is 0 Å². The molecular formula is C16H15F2N. The van der Waals surface area contributed by atoms with Crippen molar-refractivity contribution in [3.05, 3.63) is 53.6 Å². The van der Waals surface area contributed by atoms with E-state index in [1.165, 1.54) is 17.7 Å². The molecular weight excluding hydrogens is 244 g/mol. The van der Waals surface area contributed by atoms with Crippen LogP contribution in [-0.2, 0) is 6.42 Å². The minimum Gasteiger partial charge on any atom is -0.385 e. The molecule has 98 valence electrons. The molecule has 0 saturated heterocycles. The molecule has 1 aliphatic rings. The summed E-state index contributed by atoms with van der Waals surface area (Å²) in [5.74, 6) is -0.217. The molecule has 0 radical (unpaired) electrons. The maximum atomic E-state index is 13.8. The number of fused-ring (bicyclic) bond motifs is 1. The Morgan fingerprint density at radius 1 is 1.11 bits per heavy atom. The first-order valence-corrected chi connectivity index (χ1v) is 6.45. The van der Waals surface area contributed by atoms with Gasteiger partial charge in [0.2, 0.25) is 0 Å². The Bertz CT molecular complexity index is 622. The van der Waals surface area contributed by atoms with Crippen molar-refractivity contribution in [3.63, 3.8) is 0 Å². The van der Waals surface area contributed by atoms with Crippen molar-refractivity contribution in [2.75, 3.05) is 11.9 Å². The fourth-order valence-electron chi connectivity index (χ4n) is 2.54. The van der Waals surface area contributed by atoms with Gasteiger partial charge in [0.1, 0.15) is 11.6 Å². The van der Waals surface area contributed by atoms with Gasteiger partial charge in [-0.3, -0.25) is 0 Å². The Hall–Kier alpha value is -1.90. The van der Waals surface area contributed by atoms with E-state index in [4.69, 9.17) is 0 Å². The van der Waals surface area contributed by atoms with Gasteiger partial charge >= 0.3 is 0 Å². The van der Waals surface area contributed by atoms with Crippen molar-refractivity contribution < 1.29 is 8.78 Å². The highest BCUT2D eigenvalue weighted by Crippen LogP contribution is 2.31. The number of rotatable bonds is 1. The van der Waals surface area contributed by atoms with E-state index in [1.54, 1.807) is 0 Å². The molecule has 1 N–H and O–H groups in total. The molecule has 2 aromatic carbocycles. The summed E-state index contributed by atoms with van der Waals surface area (Å²) < 4.78 is 27.0. The Balaban J connectivity index is 2.05. The van der Waals surface area contributed by atoms with Gasteiger partial charge in [0.15, 0.2) is 0 Å². The van der Waals surface area contributed by atoms with Gasteiger partial charge in [0, 0.05) is 17.8 Å². The van der Waals surface area contributed by atoms with Crippen LogP contribution in [0, 0.1) is 17.6 Å². The van der Waals surface area contributed by atoms with Crippen molar-refractivity contribution in [1.29, 1.82) is 0 Å². The van der Waals surface area contributed by atoms with E-state index < -0.39 is 11.6 Å². The summed E-state index contributed by atoms with van der Waals surface area (Å²) >= 11 is 0. The summed E-state index contributed by atoms with van der Waals surface area (Å²) in [4.78, 5) is 0. The van der Waals surface area contributed by atoms with Gasteiger partial charge in [-0.1, -0.05) is 19.1 Å². The molecule has 19 heavy (non-hydrogen) atoms. The van der Waals surface area contributed by atoms with Crippen LogP contribution in [0.1, 0.15) is 12.5 Å². The third kappa shape index (κ3) is 2.33. The highest BCUT2D eigenvalue weighted by Gasteiger charge is 2.16. The number of nitrogens with one attached hydrogen (secondary N) is 1. The Morgan fingerprint density at radius 2 is 1.95 bits per heavy atom. The van der Waals surface area contributed by atoms with E-state index in [0.717, 1.165) is 24.7 Å². The first kappa shape index (κ1) is 12.2. The van der Waals surface area contributed by atoms with Crippen LogP contribution in [-0.4, -0.2) is 6.54 Å². The quantitative estimate of drug-likeness (QED) is 0.807. The zero-order chi connectivity index (χ0) is 13.4. The molecule has 0 saturated carbocycles. The molecule has 3 rings (SSSR count). The van der Waals surface area contributed by atoms with Crippen LogP contribution in [0.3, 0.4) is 0 Å². The van der Waals surface area contributed by atoms with Crippen molar-refractivity contribution in [2.45, 2.75) is 13.3 Å². The Kier molecular flexibility index (Phi) is 2.97. The molecule has 1 heterocycles. The van der Waals surface area contributed by atoms with E-state index in [-0.39, 0.29) is 0 Å². The van der Waals surface area contributed by atoms with E-state index >= 15 is 0 Å². The Morgan fingerprint density at radius 3 is 2.79 bits per heavy atom. The Labute approximate surface area is 111 Å². The highest BCUT2D eigenvalue weighted by atomic mass is 19.1. The van der Waals surface area contributed by atoms with Crippen molar-refractivity contribution in [2.24, 2.45) is 5.92 Å². The van der Waals surface area contributed by atoms with Gasteiger partial charge in [-0.2, -0.15) is 0 Å². The molecule has 1 nitrogen and oxygen atoms in total. The molecule has 1 atom stereocenters. The second-order valence-electron chi connectivity index (χ2n) is 5.19. The van der Waals surface area contributed by atoms with Crippen molar-refractivity contribution in [1.82, 2.24) is 0 Å². The standard InChI is InChI=1S/C16H15F2N/c1-10-6-12-3-2-11(7-16(12)19-9-10)14-8-13(17)4-5-15(14)18/h2-5,7-8,10,19H,6,9H2,1H3/t10-/m1/s1. The molecule has 0 aromatic heterocycles. The molecule has 2 aromatic rings. The molecule has 0 fully saturated rings. The van der Waals surface area contributed by atoms with Crippen LogP contribution in [0.4, 0.5) is 14.5 Å². The van der Waals surface area contributed by atoms with Crippen LogP contribution in [0.5, 0.6) is 0 Å². The van der Waals surface area contributed by atoms with Gasteiger partial charge in [0.05, 0.1) is 0 Å². The molecule has 1 aliphatic heterocycles. The van der Waals surface area contributed by atoms with Crippen LogP contribution in [0.25, 0.3) is 11.1 Å². The number of hydrogen-bond donors (Lipinski definition) is 1. The average Bonchev–Trinajstić information content (AvgIpc) is 2.41. The van der Waals surface area contributed by atoms with E-state index in [2.05, 4.69) is 12.2 Å². The second-order valence-corrected chi connectivity index (χ2v) is 5.19. The monoisotopic (exact) mass is 259 g/mol. The number of hydrogen-bond acceptors (Lipinski definition) is 1. The summed E-state index contributed by atoms with van der Waals surface area (Å²) in [6.07, 6.45) is 1.02. The maximum absolute atomic E-state index is 13.8. The SMILES string of the molecule is C[C@H]1CNc2cc(-c3cc(F)ccc3F)ccc2C1. The molecule has 0 amide bonds. The number of halogens is 2. The fraction of sp³-hybridized carbons (Fsp3) is 0.250. The number of benzene rings is 2. The highest BCUT2D eigenvalue weighted by molar-refractivity contribution is 5.71. The normalized spacial score (nSPS) is 17.7. The third-order valence-corrected chi connectivity index (χ3v) is 3.56. The zero-order valence-corrected chi connectivity index (χ0v) is 10.7. The molecule has 0 unspecified atom stereocenters. The lowest BCUT2D eigenvalue weighted by atomic mass is 9.93. The minimum absolute atomic E-state index is 0.309. The first-order valence-electron chi connectivity index (χ1n) is 6.45. The molecule has 0 spiro atoms. The van der Waals surface area contributed by atoms with Crippen LogP contribution < -0.4 is 5.32 Å². The lowest BCUT2D eigenvalue weighted by Crippen LogP contribution is -2.20. The molecule has 3 heteroatoms. The first-order chi connectivity index (χ1) is 9.13. The van der Waals surface area contributed by atoms with Gasteiger partial charge in [-0.25, -0.2) is 8.78 Å². The topological polar surface area (TPSA) is 12.0 Å². The predicted molar refractivity (Wildman–Crippen MR) is 73.2 cm³/mol. The smallest absolute Gasteiger partial charge is 0.131 e. The van der Waals surface area contributed by atoms with Crippen LogP contribution >= 0.6 is 0 Å². The van der Waals surface area contributed by atoms with Gasteiger partial charge in [0.25, 0.3) is 0 Å². The summed E-state index contributed by atoms with van der Waals surface area (Å²) in [5.41, 5.74) is 3.28. The second kappa shape index (κ2) is 4.65. The van der Waals surface area contributed by atoms with E-state index in [9.17, 15) is 8.78 Å². The minimum atomic E-state index is -0.421. The maximum Gasteiger partial charge on any atom is 0.131 e. The largest absolute Gasteiger partial charge is 0.385 e. The lowest BCUT2D eigenvalue weighted by Gasteiger charge is -2.24. The molecule has 0 bridgehead atoms. The third-order valence-electron chi connectivity index (χ3n) is 3.56. The molecule has 0 aliphatic carbocycles. The summed E-state index contributed by atoms with van der Waals surface area (Å²) in [5, 5.41) is 3.34. The van der Waals surface area contributed by atoms with E-state index in [1.807, 2.05) is 18.2 Å². The number of anilines is 1. The summed E-state index contributed by atoms with van der Waals surface area (Å²) in [6.45, 7) is 3.11. The van der Waals surface area contributed by atoms with Gasteiger partial charge in [-0.05, 0) is 47.7 Å².